The van der Waals surface area contributed by atoms with Gasteiger partial charge in [-0.3, -0.25) is 23.9 Å². The van der Waals surface area contributed by atoms with Gasteiger partial charge in [0.1, 0.15) is 41.3 Å². The zero-order valence-corrected chi connectivity index (χ0v) is 37.6. The van der Waals surface area contributed by atoms with Crippen LogP contribution in [0.4, 0.5) is 0 Å². The van der Waals surface area contributed by atoms with Crippen molar-refractivity contribution >= 4 is 46.1 Å². The van der Waals surface area contributed by atoms with Crippen molar-refractivity contribution in [1.29, 1.82) is 0 Å². The van der Waals surface area contributed by atoms with E-state index in [1.807, 2.05) is 95.6 Å². The molecule has 0 bridgehead atoms. The third kappa shape index (κ3) is 9.62. The van der Waals surface area contributed by atoms with Gasteiger partial charge in [0.2, 0.25) is 17.7 Å². The number of hydrogen-bond acceptors (Lipinski definition) is 12. The maximum atomic E-state index is 14.0. The fraction of sp³-hybridized carbons (Fsp3) is 0.444. The molecule has 3 aromatic heterocycles. The van der Waals surface area contributed by atoms with Gasteiger partial charge in [-0.05, 0) is 81.0 Å². The summed E-state index contributed by atoms with van der Waals surface area (Å²) >= 11 is 3.31. The SMILES string of the molecule is Cc1ncsc1-c1ccc(CNC(=O)[C@@H]2C[C@@H](O)CN2C(=O)[C@@H](NC(=O)COCCCOc2ccc(C3=N[C@@H](C)c4nnc(C)n4-c4sc(C)c(C)c43)cc2)C(C)(C)C)cc1. The van der Waals surface area contributed by atoms with Gasteiger partial charge in [0, 0.05) is 41.9 Å². The molecule has 2 aliphatic rings. The third-order valence-corrected chi connectivity index (χ3v) is 13.3. The van der Waals surface area contributed by atoms with E-state index in [4.69, 9.17) is 14.5 Å². The van der Waals surface area contributed by atoms with Crippen LogP contribution in [0.25, 0.3) is 15.4 Å². The average Bonchev–Trinajstić information content (AvgIpc) is 4.00. The molecule has 0 unspecified atom stereocenters. The molecular formula is C45H54N8O6S2. The van der Waals surface area contributed by atoms with Crippen LogP contribution < -0.4 is 15.4 Å². The van der Waals surface area contributed by atoms with Crippen molar-refractivity contribution < 1.29 is 29.0 Å². The van der Waals surface area contributed by atoms with Gasteiger partial charge in [0.15, 0.2) is 5.82 Å². The van der Waals surface area contributed by atoms with Crippen molar-refractivity contribution in [3.8, 4) is 21.2 Å². The minimum absolute atomic E-state index is 0.00527. The molecule has 3 amide bonds. The maximum Gasteiger partial charge on any atom is 0.246 e. The number of aryl methyl sites for hydroxylation is 3. The molecule has 4 atom stereocenters. The van der Waals surface area contributed by atoms with E-state index in [0.29, 0.717) is 18.8 Å². The van der Waals surface area contributed by atoms with Crippen molar-refractivity contribution in [1.82, 2.24) is 35.3 Å². The Hall–Kier alpha value is -5.29. The lowest BCUT2D eigenvalue weighted by Gasteiger charge is -2.35. The molecule has 2 aliphatic heterocycles. The van der Waals surface area contributed by atoms with E-state index in [-0.39, 0.29) is 44.7 Å². The number of rotatable bonds is 14. The molecule has 5 heterocycles. The van der Waals surface area contributed by atoms with Crippen molar-refractivity contribution in [2.45, 2.75) is 99.0 Å². The van der Waals surface area contributed by atoms with Crippen LogP contribution in [0.1, 0.15) is 91.1 Å². The van der Waals surface area contributed by atoms with Crippen LogP contribution in [0.3, 0.4) is 0 Å². The number of ether oxygens (including phenoxy) is 2. The highest BCUT2D eigenvalue weighted by atomic mass is 32.1. The first-order valence-electron chi connectivity index (χ1n) is 20.6. The monoisotopic (exact) mass is 866 g/mol. The first-order chi connectivity index (χ1) is 29.1. The normalized spacial score (nSPS) is 17.9. The number of thiazole rings is 1. The fourth-order valence-electron chi connectivity index (χ4n) is 7.69. The number of nitrogens with one attached hydrogen (secondary N) is 2. The number of benzene rings is 2. The number of β-amino-alcohol motifs (C(OH)–C–C–N with tert-alkyl or cyclic N) is 1. The molecule has 5 aromatic rings. The predicted molar refractivity (Wildman–Crippen MR) is 237 cm³/mol. The number of hydrogen-bond donors (Lipinski definition) is 3. The molecule has 1 fully saturated rings. The molecule has 0 aliphatic carbocycles. The first kappa shape index (κ1) is 43.8. The average molecular weight is 867 g/mol. The van der Waals surface area contributed by atoms with Gasteiger partial charge < -0.3 is 30.1 Å². The summed E-state index contributed by atoms with van der Waals surface area (Å²) in [5, 5.41) is 26.2. The molecule has 16 heteroatoms. The molecular weight excluding hydrogens is 813 g/mol. The number of carbonyl (C=O) groups is 3. The summed E-state index contributed by atoms with van der Waals surface area (Å²) in [6.07, 6.45) is -0.219. The summed E-state index contributed by atoms with van der Waals surface area (Å²) in [5.74, 6) is 1.13. The second-order valence-corrected chi connectivity index (χ2v) is 18.8. The van der Waals surface area contributed by atoms with Gasteiger partial charge in [0.25, 0.3) is 0 Å². The molecule has 1 saturated heterocycles. The molecule has 0 saturated carbocycles. The van der Waals surface area contributed by atoms with E-state index < -0.39 is 35.4 Å². The molecule has 2 aromatic carbocycles. The summed E-state index contributed by atoms with van der Waals surface area (Å²) in [4.78, 5) is 53.7. The Kier molecular flexibility index (Phi) is 13.2. The highest BCUT2D eigenvalue weighted by molar-refractivity contribution is 7.15. The molecule has 7 rings (SSSR count). The Labute approximate surface area is 364 Å². The lowest BCUT2D eigenvalue weighted by molar-refractivity contribution is -0.144. The second-order valence-electron chi connectivity index (χ2n) is 16.8. The van der Waals surface area contributed by atoms with E-state index >= 15 is 0 Å². The Morgan fingerprint density at radius 3 is 2.39 bits per heavy atom. The number of thiophene rings is 1. The summed E-state index contributed by atoms with van der Waals surface area (Å²) in [6, 6.07) is 13.8. The van der Waals surface area contributed by atoms with Gasteiger partial charge in [-0.1, -0.05) is 45.0 Å². The third-order valence-electron chi connectivity index (χ3n) is 11.1. The van der Waals surface area contributed by atoms with Crippen LogP contribution in [0.5, 0.6) is 5.75 Å². The van der Waals surface area contributed by atoms with Gasteiger partial charge in [-0.25, -0.2) is 4.98 Å². The molecule has 3 N–H and O–H groups in total. The topological polar surface area (TPSA) is 173 Å². The highest BCUT2D eigenvalue weighted by Gasteiger charge is 2.44. The van der Waals surface area contributed by atoms with Crippen molar-refractivity contribution in [3.05, 3.63) is 98.5 Å². The fourth-order valence-corrected chi connectivity index (χ4v) is 9.71. The molecule has 14 nitrogen and oxygen atoms in total. The number of carbonyl (C=O) groups excluding carboxylic acids is 3. The Balaban J connectivity index is 0.875. The van der Waals surface area contributed by atoms with E-state index in [9.17, 15) is 19.5 Å². The van der Waals surface area contributed by atoms with Gasteiger partial charge in [-0.15, -0.1) is 32.9 Å². The summed E-state index contributed by atoms with van der Waals surface area (Å²) in [5.41, 5.74) is 8.25. The van der Waals surface area contributed by atoms with E-state index in [2.05, 4.69) is 44.2 Å². The van der Waals surface area contributed by atoms with Crippen LogP contribution in [-0.2, 0) is 25.7 Å². The number of aliphatic imine (C=N–C) groups is 1. The predicted octanol–water partition coefficient (Wildman–Crippen LogP) is 6.19. The standard InChI is InChI=1S/C45H54N8O6S2/c1-25-28(4)61-44-37(25)38(48-27(3)41-51-50-29(5)53(41)44)31-14-16-34(17-15-31)59-19-9-18-58-23-36(55)49-40(45(6,7)8)43(57)52-22-33(54)20-35(52)42(56)46-21-30-10-12-32(13-11-30)39-26(2)47-24-60-39/h10-17,24,27,33,35,40,54H,9,18-23H2,1-8H3,(H,46,56)(H,49,55)/t27-,33+,35-,40+/m0/s1. The Bertz CT molecular complexity index is 2410. The zero-order valence-electron chi connectivity index (χ0n) is 35.9. The molecule has 0 radical (unpaired) electrons. The second kappa shape index (κ2) is 18.4. The zero-order chi connectivity index (χ0) is 43.6. The molecule has 0 spiro atoms. The van der Waals surface area contributed by atoms with Crippen molar-refractivity contribution in [2.24, 2.45) is 10.4 Å². The summed E-state index contributed by atoms with van der Waals surface area (Å²) in [7, 11) is 0. The summed E-state index contributed by atoms with van der Waals surface area (Å²) < 4.78 is 13.8. The number of likely N-dealkylation sites (tertiary alicyclic amines) is 1. The van der Waals surface area contributed by atoms with Crippen LogP contribution in [0.15, 0.2) is 59.0 Å². The Morgan fingerprint density at radius 1 is 0.984 bits per heavy atom. The number of aromatic nitrogens is 4. The first-order valence-corrected chi connectivity index (χ1v) is 22.3. The largest absolute Gasteiger partial charge is 0.494 e. The van der Waals surface area contributed by atoms with Crippen LogP contribution in [0, 0.1) is 33.1 Å². The Morgan fingerprint density at radius 2 is 1.70 bits per heavy atom. The smallest absolute Gasteiger partial charge is 0.246 e. The lowest BCUT2D eigenvalue weighted by atomic mass is 9.85. The van der Waals surface area contributed by atoms with Gasteiger partial charge in [-0.2, -0.15) is 0 Å². The van der Waals surface area contributed by atoms with Crippen molar-refractivity contribution in [3.63, 3.8) is 0 Å². The summed E-state index contributed by atoms with van der Waals surface area (Å²) in [6.45, 7) is 16.4. The maximum absolute atomic E-state index is 14.0. The van der Waals surface area contributed by atoms with E-state index in [1.165, 1.54) is 15.3 Å². The highest BCUT2D eigenvalue weighted by Crippen LogP contribution is 2.39. The van der Waals surface area contributed by atoms with Gasteiger partial charge in [0.05, 0.1) is 41.1 Å². The number of nitrogens with zero attached hydrogens (tertiary/aromatic N) is 6. The molecule has 322 valence electrons. The van der Waals surface area contributed by atoms with Crippen LogP contribution in [-0.4, -0.2) is 97.7 Å². The van der Waals surface area contributed by atoms with Gasteiger partial charge >= 0.3 is 0 Å². The number of amides is 3. The van der Waals surface area contributed by atoms with Crippen LogP contribution in [0.2, 0.25) is 0 Å². The minimum atomic E-state index is -0.950. The van der Waals surface area contributed by atoms with Crippen molar-refractivity contribution in [2.75, 3.05) is 26.4 Å². The van der Waals surface area contributed by atoms with E-state index in [1.54, 1.807) is 22.7 Å². The van der Waals surface area contributed by atoms with Crippen LogP contribution >= 0.6 is 22.7 Å². The quantitative estimate of drug-likeness (QED) is 0.110. The molecule has 61 heavy (non-hydrogen) atoms. The number of aliphatic hydroxyl groups is 1. The lowest BCUT2D eigenvalue weighted by Crippen LogP contribution is -2.58. The van der Waals surface area contributed by atoms with E-state index in [0.717, 1.165) is 55.2 Å². The number of aliphatic hydroxyl groups excluding tert-OH is 1. The number of fused-ring (bicyclic) bond motifs is 3. The minimum Gasteiger partial charge on any atom is -0.494 e.